The average molecular weight is 268 g/mol. The Balaban J connectivity index is 2.09. The second-order valence-electron chi connectivity index (χ2n) is 3.47. The van der Waals surface area contributed by atoms with E-state index in [1.54, 1.807) is 19.2 Å². The van der Waals surface area contributed by atoms with Crippen molar-refractivity contribution in [3.05, 3.63) is 51.2 Å². The molecule has 0 unspecified atom stereocenters. The molecular weight excluding hydrogens is 258 g/mol. The van der Waals surface area contributed by atoms with Crippen LogP contribution in [0.15, 0.2) is 34.3 Å². The number of nitrogens with zero attached hydrogens (tertiary/aromatic N) is 2. The minimum Gasteiger partial charge on any atom is -0.301 e. The maximum atomic E-state index is 11.2. The van der Waals surface area contributed by atoms with Crippen molar-refractivity contribution in [1.29, 1.82) is 0 Å². The van der Waals surface area contributed by atoms with E-state index in [1.807, 2.05) is 6.07 Å². The van der Waals surface area contributed by atoms with Crippen LogP contribution in [0.5, 0.6) is 0 Å². The number of thioether (sulfide) groups is 1. The summed E-state index contributed by atoms with van der Waals surface area (Å²) in [4.78, 5) is 22.1. The van der Waals surface area contributed by atoms with Gasteiger partial charge in [-0.1, -0.05) is 23.4 Å². The second-order valence-corrected chi connectivity index (χ2v) is 4.82. The van der Waals surface area contributed by atoms with Crippen LogP contribution in [0.2, 0.25) is 5.15 Å². The molecule has 0 radical (unpaired) electrons. The molecule has 0 atom stereocenters. The van der Waals surface area contributed by atoms with E-state index in [0.29, 0.717) is 21.8 Å². The molecule has 0 fully saturated rings. The van der Waals surface area contributed by atoms with Crippen LogP contribution in [0.3, 0.4) is 0 Å². The molecule has 2 rings (SSSR count). The molecule has 2 aromatic heterocycles. The molecule has 0 aliphatic rings. The van der Waals surface area contributed by atoms with Gasteiger partial charge in [0.05, 0.1) is 0 Å². The summed E-state index contributed by atoms with van der Waals surface area (Å²) >= 11 is 7.24. The molecule has 6 heteroatoms. The van der Waals surface area contributed by atoms with Gasteiger partial charge in [0.25, 0.3) is 5.56 Å². The Morgan fingerprint density at radius 1 is 1.47 bits per heavy atom. The summed E-state index contributed by atoms with van der Waals surface area (Å²) in [6.07, 6.45) is 1.66. The van der Waals surface area contributed by atoms with Crippen molar-refractivity contribution >= 4 is 23.4 Å². The highest BCUT2D eigenvalue weighted by molar-refractivity contribution is 7.98. The third kappa shape index (κ3) is 3.57. The molecule has 0 amide bonds. The molecule has 0 bridgehead atoms. The summed E-state index contributed by atoms with van der Waals surface area (Å²) in [7, 11) is 0. The number of halogens is 1. The van der Waals surface area contributed by atoms with Crippen LogP contribution in [0.4, 0.5) is 0 Å². The molecule has 0 saturated carbocycles. The topological polar surface area (TPSA) is 58.6 Å². The Kier molecular flexibility index (Phi) is 3.81. The maximum Gasteiger partial charge on any atom is 0.251 e. The molecule has 2 aromatic rings. The van der Waals surface area contributed by atoms with Crippen molar-refractivity contribution in [2.45, 2.75) is 17.8 Å². The molecule has 88 valence electrons. The van der Waals surface area contributed by atoms with Gasteiger partial charge in [-0.05, 0) is 24.6 Å². The van der Waals surface area contributed by atoms with Crippen molar-refractivity contribution in [3.63, 3.8) is 0 Å². The molecule has 0 aliphatic heterocycles. The number of hydrogen-bond donors (Lipinski definition) is 1. The van der Waals surface area contributed by atoms with E-state index in [4.69, 9.17) is 11.6 Å². The zero-order valence-electron chi connectivity index (χ0n) is 9.11. The summed E-state index contributed by atoms with van der Waals surface area (Å²) < 4.78 is 0. The first-order valence-electron chi connectivity index (χ1n) is 4.95. The van der Waals surface area contributed by atoms with E-state index in [9.17, 15) is 4.79 Å². The highest BCUT2D eigenvalue weighted by atomic mass is 35.5. The van der Waals surface area contributed by atoms with Crippen molar-refractivity contribution in [2.24, 2.45) is 0 Å². The molecule has 1 N–H and O–H groups in total. The predicted octanol–water partition coefficient (Wildman–Crippen LogP) is 2.42. The quantitative estimate of drug-likeness (QED) is 0.527. The largest absolute Gasteiger partial charge is 0.301 e. The summed E-state index contributed by atoms with van der Waals surface area (Å²) in [5.74, 6) is 0.689. The van der Waals surface area contributed by atoms with Gasteiger partial charge in [-0.2, -0.15) is 0 Å². The number of H-pyrrole nitrogens is 1. The van der Waals surface area contributed by atoms with Crippen LogP contribution in [-0.2, 0) is 5.75 Å². The highest BCUT2D eigenvalue weighted by Gasteiger charge is 2.01. The third-order valence-corrected chi connectivity index (χ3v) is 3.17. The van der Waals surface area contributed by atoms with Gasteiger partial charge in [0.2, 0.25) is 0 Å². The van der Waals surface area contributed by atoms with E-state index in [2.05, 4.69) is 15.0 Å². The van der Waals surface area contributed by atoms with Gasteiger partial charge in [-0.3, -0.25) is 4.79 Å². The number of aromatic nitrogens is 3. The van der Waals surface area contributed by atoms with Crippen LogP contribution in [0.1, 0.15) is 11.3 Å². The lowest BCUT2D eigenvalue weighted by Crippen LogP contribution is -2.08. The first kappa shape index (κ1) is 12.1. The van der Waals surface area contributed by atoms with Crippen molar-refractivity contribution in [3.8, 4) is 0 Å². The summed E-state index contributed by atoms with van der Waals surface area (Å²) in [6.45, 7) is 1.79. The number of hydrogen-bond acceptors (Lipinski definition) is 4. The Hall–Kier alpha value is -1.33. The van der Waals surface area contributed by atoms with Gasteiger partial charge in [-0.25, -0.2) is 9.97 Å². The molecule has 2 heterocycles. The highest BCUT2D eigenvalue weighted by Crippen LogP contribution is 2.19. The molecule has 4 nitrogen and oxygen atoms in total. The minimum absolute atomic E-state index is 0.132. The Morgan fingerprint density at radius 3 is 3.00 bits per heavy atom. The lowest BCUT2D eigenvalue weighted by atomic mass is 10.3. The van der Waals surface area contributed by atoms with E-state index < -0.39 is 0 Å². The standard InChI is InChI=1S/C11H10ClN3OS/c1-7-4-10(16)15-11(14-7)17-6-8-2-3-13-9(12)5-8/h2-5H,6H2,1H3,(H,14,15,16). The molecule has 0 spiro atoms. The van der Waals surface area contributed by atoms with Crippen molar-refractivity contribution in [2.75, 3.05) is 0 Å². The van der Waals surface area contributed by atoms with Crippen molar-refractivity contribution in [1.82, 2.24) is 15.0 Å². The lowest BCUT2D eigenvalue weighted by Gasteiger charge is -2.02. The number of pyridine rings is 1. The Labute approximate surface area is 107 Å². The minimum atomic E-state index is -0.132. The van der Waals surface area contributed by atoms with Crippen LogP contribution < -0.4 is 5.56 Å². The van der Waals surface area contributed by atoms with Gasteiger partial charge >= 0.3 is 0 Å². The summed E-state index contributed by atoms with van der Waals surface area (Å²) in [6, 6.07) is 5.14. The zero-order valence-corrected chi connectivity index (χ0v) is 10.7. The molecular formula is C11H10ClN3OS. The fraction of sp³-hybridized carbons (Fsp3) is 0.182. The van der Waals surface area contributed by atoms with Crippen LogP contribution in [0, 0.1) is 6.92 Å². The zero-order chi connectivity index (χ0) is 12.3. The van der Waals surface area contributed by atoms with Crippen LogP contribution >= 0.6 is 23.4 Å². The molecule has 0 aromatic carbocycles. The Morgan fingerprint density at radius 2 is 2.29 bits per heavy atom. The molecule has 17 heavy (non-hydrogen) atoms. The first-order valence-corrected chi connectivity index (χ1v) is 6.31. The first-order chi connectivity index (χ1) is 8.13. The predicted molar refractivity (Wildman–Crippen MR) is 68.4 cm³/mol. The third-order valence-electron chi connectivity index (χ3n) is 2.01. The number of rotatable bonds is 3. The molecule has 0 aliphatic carbocycles. The number of aryl methyl sites for hydroxylation is 1. The Bertz CT molecular complexity index is 585. The smallest absolute Gasteiger partial charge is 0.251 e. The fourth-order valence-corrected chi connectivity index (χ4v) is 2.36. The molecule has 0 saturated heterocycles. The number of nitrogens with one attached hydrogen (secondary N) is 1. The van der Waals surface area contributed by atoms with Gasteiger partial charge in [0, 0.05) is 23.7 Å². The summed E-state index contributed by atoms with van der Waals surface area (Å²) in [5.41, 5.74) is 1.62. The van der Waals surface area contributed by atoms with Gasteiger partial charge in [0.1, 0.15) is 5.15 Å². The fourth-order valence-electron chi connectivity index (χ4n) is 1.30. The van der Waals surface area contributed by atoms with E-state index in [0.717, 1.165) is 5.56 Å². The van der Waals surface area contributed by atoms with Gasteiger partial charge in [0.15, 0.2) is 5.16 Å². The van der Waals surface area contributed by atoms with Crippen molar-refractivity contribution < 1.29 is 0 Å². The summed E-state index contributed by atoms with van der Waals surface area (Å²) in [5, 5.41) is 1.08. The second kappa shape index (κ2) is 5.33. The van der Waals surface area contributed by atoms with Gasteiger partial charge in [-0.15, -0.1) is 0 Å². The monoisotopic (exact) mass is 267 g/mol. The average Bonchev–Trinajstić information content (AvgIpc) is 2.25. The van der Waals surface area contributed by atoms with E-state index in [-0.39, 0.29) is 5.56 Å². The number of aromatic amines is 1. The maximum absolute atomic E-state index is 11.2. The van der Waals surface area contributed by atoms with E-state index in [1.165, 1.54) is 17.8 Å². The van der Waals surface area contributed by atoms with Gasteiger partial charge < -0.3 is 4.98 Å². The normalized spacial score (nSPS) is 10.5. The van der Waals surface area contributed by atoms with E-state index >= 15 is 0 Å². The van der Waals surface area contributed by atoms with Crippen LogP contribution in [0.25, 0.3) is 0 Å². The lowest BCUT2D eigenvalue weighted by molar-refractivity contribution is 0.905. The van der Waals surface area contributed by atoms with Crippen LogP contribution in [-0.4, -0.2) is 15.0 Å². The SMILES string of the molecule is Cc1cc(=O)[nH]c(SCc2ccnc(Cl)c2)n1.